The molecule has 9 nitrogen and oxygen atoms in total. The Morgan fingerprint density at radius 1 is 1.03 bits per heavy atom. The van der Waals surface area contributed by atoms with E-state index in [1.165, 1.54) is 0 Å². The van der Waals surface area contributed by atoms with E-state index in [2.05, 4.69) is 21.2 Å². The van der Waals surface area contributed by atoms with Crippen LogP contribution < -0.4 is 16.1 Å². The smallest absolute Gasteiger partial charge is 0.338 e. The summed E-state index contributed by atoms with van der Waals surface area (Å²) in [4.78, 5) is 47.5. The monoisotopic (exact) mass is 416 g/mol. The Morgan fingerprint density at radius 2 is 1.70 bits per heavy atom. The first-order chi connectivity index (χ1) is 14.4. The van der Waals surface area contributed by atoms with Crippen molar-refractivity contribution in [3.05, 3.63) is 29.8 Å². The van der Waals surface area contributed by atoms with E-state index >= 15 is 0 Å². The van der Waals surface area contributed by atoms with E-state index in [0.29, 0.717) is 17.0 Å². The molecular formula is C21H28N4O5. The fourth-order valence-corrected chi connectivity index (χ4v) is 3.08. The lowest BCUT2D eigenvalue weighted by molar-refractivity contribution is -0.139. The Labute approximate surface area is 175 Å². The third kappa shape index (κ3) is 7.65. The first kappa shape index (κ1) is 23.1. The van der Waals surface area contributed by atoms with Gasteiger partial charge in [0.15, 0.2) is 0 Å². The molecule has 9 heteroatoms. The normalized spacial score (nSPS) is 14.5. The predicted octanol–water partition coefficient (Wildman–Crippen LogP) is 2.13. The number of nitrogens with one attached hydrogen (secondary N) is 3. The van der Waals surface area contributed by atoms with Crippen LogP contribution in [-0.2, 0) is 19.1 Å². The molecule has 0 saturated heterocycles. The van der Waals surface area contributed by atoms with Crippen molar-refractivity contribution in [3.8, 4) is 0 Å². The van der Waals surface area contributed by atoms with Crippen molar-refractivity contribution < 1.29 is 23.9 Å². The van der Waals surface area contributed by atoms with E-state index in [-0.39, 0.29) is 25.0 Å². The second kappa shape index (κ2) is 11.7. The molecule has 0 bridgehead atoms. The number of nitrogens with zero attached hydrogens (tertiary/aromatic N) is 1. The molecule has 1 aromatic carbocycles. The van der Waals surface area contributed by atoms with Crippen LogP contribution in [-0.4, -0.2) is 42.1 Å². The molecule has 0 spiro atoms. The molecule has 1 aromatic rings. The Bertz CT molecular complexity index is 798. The molecule has 1 aliphatic carbocycles. The number of benzene rings is 1. The lowest BCUT2D eigenvalue weighted by Gasteiger charge is -2.22. The van der Waals surface area contributed by atoms with Gasteiger partial charge in [-0.05, 0) is 51.0 Å². The van der Waals surface area contributed by atoms with Gasteiger partial charge in [-0.15, -0.1) is 0 Å². The number of hydrogen-bond acceptors (Lipinski definition) is 6. The van der Waals surface area contributed by atoms with Crippen LogP contribution in [0.25, 0.3) is 0 Å². The van der Waals surface area contributed by atoms with Crippen molar-refractivity contribution in [3.63, 3.8) is 0 Å². The molecule has 0 atom stereocenters. The van der Waals surface area contributed by atoms with Gasteiger partial charge in [0.25, 0.3) is 0 Å². The van der Waals surface area contributed by atoms with Gasteiger partial charge in [-0.1, -0.05) is 19.3 Å². The maximum absolute atomic E-state index is 12.1. The van der Waals surface area contributed by atoms with Gasteiger partial charge in [-0.25, -0.2) is 10.2 Å². The summed E-state index contributed by atoms with van der Waals surface area (Å²) in [6, 6.07) is 6.32. The molecule has 3 N–H and O–H groups in total. The molecule has 3 amide bonds. The zero-order valence-electron chi connectivity index (χ0n) is 17.3. The minimum Gasteiger partial charge on any atom is -0.462 e. The largest absolute Gasteiger partial charge is 0.462 e. The molecule has 0 radical (unpaired) electrons. The Balaban J connectivity index is 1.77. The average molecular weight is 416 g/mol. The molecule has 0 aromatic heterocycles. The first-order valence-corrected chi connectivity index (χ1v) is 10.1. The minimum absolute atomic E-state index is 0.0306. The lowest BCUT2D eigenvalue weighted by Crippen LogP contribution is -2.44. The van der Waals surface area contributed by atoms with E-state index in [1.807, 2.05) is 0 Å². The zero-order valence-corrected chi connectivity index (χ0v) is 17.3. The quantitative estimate of drug-likeness (QED) is 0.272. The van der Waals surface area contributed by atoms with Gasteiger partial charge in [-0.2, -0.15) is 5.10 Å². The molecule has 0 heterocycles. The van der Waals surface area contributed by atoms with E-state index in [9.17, 15) is 19.2 Å². The fourth-order valence-electron chi connectivity index (χ4n) is 3.08. The summed E-state index contributed by atoms with van der Waals surface area (Å²) in [5.74, 6) is -2.35. The molecule has 1 aliphatic rings. The Hall–Kier alpha value is -3.23. The Morgan fingerprint density at radius 3 is 2.33 bits per heavy atom. The number of hydrazone groups is 1. The maximum Gasteiger partial charge on any atom is 0.338 e. The molecule has 2 rings (SSSR count). The second-order valence-corrected chi connectivity index (χ2v) is 7.12. The predicted molar refractivity (Wildman–Crippen MR) is 112 cm³/mol. The number of esters is 1. The van der Waals surface area contributed by atoms with Crippen molar-refractivity contribution in [2.45, 2.75) is 58.4 Å². The summed E-state index contributed by atoms with van der Waals surface area (Å²) in [6.45, 7) is 3.58. The van der Waals surface area contributed by atoms with Crippen LogP contribution in [0.3, 0.4) is 0 Å². The van der Waals surface area contributed by atoms with Gasteiger partial charge in [0, 0.05) is 17.4 Å². The summed E-state index contributed by atoms with van der Waals surface area (Å²) < 4.78 is 4.90. The summed E-state index contributed by atoms with van der Waals surface area (Å²) in [5, 5.41) is 9.19. The number of carbonyl (C=O) groups is 4. The summed E-state index contributed by atoms with van der Waals surface area (Å²) >= 11 is 0. The van der Waals surface area contributed by atoms with Crippen LogP contribution in [0.5, 0.6) is 0 Å². The van der Waals surface area contributed by atoms with Crippen LogP contribution >= 0.6 is 0 Å². The van der Waals surface area contributed by atoms with Gasteiger partial charge in [0.05, 0.1) is 18.6 Å². The number of amides is 3. The standard InChI is InChI=1S/C21H28N4O5/c1-3-30-21(29)15-9-11-17(12-10-15)22-18(26)13-14(2)24-25-20(28)19(27)23-16-7-5-4-6-8-16/h9-12,16H,3-8,13H2,1-2H3,(H,22,26)(H,23,27)(H,25,28)/b24-14-. The molecule has 1 fully saturated rings. The maximum atomic E-state index is 12.1. The molecule has 0 unspecified atom stereocenters. The highest BCUT2D eigenvalue weighted by molar-refractivity contribution is 6.35. The lowest BCUT2D eigenvalue weighted by atomic mass is 9.95. The highest BCUT2D eigenvalue weighted by Crippen LogP contribution is 2.17. The van der Waals surface area contributed by atoms with Gasteiger partial charge < -0.3 is 15.4 Å². The third-order valence-corrected chi connectivity index (χ3v) is 4.59. The molecular weight excluding hydrogens is 388 g/mol. The minimum atomic E-state index is -0.852. The van der Waals surface area contributed by atoms with E-state index in [1.54, 1.807) is 38.1 Å². The van der Waals surface area contributed by atoms with Gasteiger partial charge in [0.2, 0.25) is 5.91 Å². The van der Waals surface area contributed by atoms with Crippen molar-refractivity contribution in [2.75, 3.05) is 11.9 Å². The van der Waals surface area contributed by atoms with Crippen molar-refractivity contribution in [2.24, 2.45) is 5.10 Å². The van der Waals surface area contributed by atoms with E-state index in [0.717, 1.165) is 32.1 Å². The number of anilines is 1. The van der Waals surface area contributed by atoms with Crippen LogP contribution in [0.4, 0.5) is 5.69 Å². The van der Waals surface area contributed by atoms with E-state index in [4.69, 9.17) is 4.74 Å². The topological polar surface area (TPSA) is 126 Å². The zero-order chi connectivity index (χ0) is 21.9. The highest BCUT2D eigenvalue weighted by atomic mass is 16.5. The van der Waals surface area contributed by atoms with Crippen LogP contribution in [0.15, 0.2) is 29.4 Å². The summed E-state index contributed by atoms with van der Waals surface area (Å²) in [6.07, 6.45) is 4.93. The Kier molecular flexibility index (Phi) is 8.99. The second-order valence-electron chi connectivity index (χ2n) is 7.12. The van der Waals surface area contributed by atoms with Crippen molar-refractivity contribution in [1.82, 2.24) is 10.7 Å². The third-order valence-electron chi connectivity index (χ3n) is 4.59. The molecule has 162 valence electrons. The van der Waals surface area contributed by atoms with Crippen LogP contribution in [0, 0.1) is 0 Å². The highest BCUT2D eigenvalue weighted by Gasteiger charge is 2.20. The number of ether oxygens (including phenoxy) is 1. The molecule has 0 aliphatic heterocycles. The van der Waals surface area contributed by atoms with Crippen LogP contribution in [0.1, 0.15) is 62.7 Å². The molecule has 1 saturated carbocycles. The van der Waals surface area contributed by atoms with Gasteiger partial charge in [-0.3, -0.25) is 14.4 Å². The van der Waals surface area contributed by atoms with Gasteiger partial charge in [0.1, 0.15) is 0 Å². The SMILES string of the molecule is CCOC(=O)c1ccc(NC(=O)C/C(C)=N\NC(=O)C(=O)NC2CCCCC2)cc1. The van der Waals surface area contributed by atoms with Crippen molar-refractivity contribution >= 4 is 35.1 Å². The summed E-state index contributed by atoms with van der Waals surface area (Å²) in [5.41, 5.74) is 3.42. The fraction of sp³-hybridized carbons (Fsp3) is 0.476. The van der Waals surface area contributed by atoms with Gasteiger partial charge >= 0.3 is 17.8 Å². The average Bonchev–Trinajstić information content (AvgIpc) is 2.73. The number of rotatable bonds is 7. The van der Waals surface area contributed by atoms with Crippen LogP contribution in [0.2, 0.25) is 0 Å². The number of carbonyl (C=O) groups excluding carboxylic acids is 4. The number of hydrogen-bond donors (Lipinski definition) is 3. The molecule has 30 heavy (non-hydrogen) atoms. The van der Waals surface area contributed by atoms with Crippen molar-refractivity contribution in [1.29, 1.82) is 0 Å². The first-order valence-electron chi connectivity index (χ1n) is 10.1. The summed E-state index contributed by atoms with van der Waals surface area (Å²) in [7, 11) is 0. The van der Waals surface area contributed by atoms with E-state index < -0.39 is 17.8 Å².